The highest BCUT2D eigenvalue weighted by Crippen LogP contribution is 2.33. The maximum atomic E-state index is 12.5. The summed E-state index contributed by atoms with van der Waals surface area (Å²) < 4.78 is 31.3. The minimum absolute atomic E-state index is 0.101. The minimum atomic E-state index is -2.89. The van der Waals surface area contributed by atoms with Gasteiger partial charge in [0.2, 0.25) is 0 Å². The maximum absolute atomic E-state index is 12.5. The summed E-state index contributed by atoms with van der Waals surface area (Å²) in [6.07, 6.45) is 1.49. The van der Waals surface area contributed by atoms with Crippen molar-refractivity contribution in [3.05, 3.63) is 64.4 Å². The van der Waals surface area contributed by atoms with Gasteiger partial charge in [-0.05, 0) is 18.2 Å². The number of hydrogen-bond acceptors (Lipinski definition) is 3. The van der Waals surface area contributed by atoms with Gasteiger partial charge >= 0.3 is 6.61 Å². The monoisotopic (exact) mass is 369 g/mol. The molecule has 0 saturated heterocycles. The molecule has 0 aliphatic carbocycles. The van der Waals surface area contributed by atoms with Gasteiger partial charge in [-0.3, -0.25) is 0 Å². The van der Waals surface area contributed by atoms with E-state index >= 15 is 0 Å². The number of aromatic nitrogens is 3. The van der Waals surface area contributed by atoms with E-state index in [9.17, 15) is 8.78 Å². The number of rotatable bonds is 5. The van der Waals surface area contributed by atoms with Crippen LogP contribution in [0.25, 0.3) is 11.4 Å². The van der Waals surface area contributed by atoms with Crippen molar-refractivity contribution in [3.63, 3.8) is 0 Å². The standard InChI is InChI=1S/C16H11Cl2F2N3O/c17-12-6-3-5-11(14(12)18)15-22-21-9-23(15)8-10-4-1-2-7-13(10)24-16(19)20/h1-7,9,16H,8H2. The van der Waals surface area contributed by atoms with E-state index in [1.165, 1.54) is 12.4 Å². The Morgan fingerprint density at radius 1 is 1.08 bits per heavy atom. The molecule has 2 aromatic carbocycles. The molecule has 0 unspecified atom stereocenters. The molecule has 0 aliphatic rings. The largest absolute Gasteiger partial charge is 0.434 e. The summed E-state index contributed by atoms with van der Waals surface area (Å²) in [5, 5.41) is 8.68. The van der Waals surface area contributed by atoms with E-state index in [0.717, 1.165) is 0 Å². The van der Waals surface area contributed by atoms with Crippen LogP contribution in [0.2, 0.25) is 10.0 Å². The molecule has 4 nitrogen and oxygen atoms in total. The lowest BCUT2D eigenvalue weighted by Gasteiger charge is -2.13. The van der Waals surface area contributed by atoms with Crippen LogP contribution in [0.1, 0.15) is 5.56 Å². The molecule has 0 saturated carbocycles. The molecule has 0 atom stereocenters. The second kappa shape index (κ2) is 7.15. The summed E-state index contributed by atoms with van der Waals surface area (Å²) >= 11 is 12.3. The molecule has 0 spiro atoms. The van der Waals surface area contributed by atoms with Crippen molar-refractivity contribution < 1.29 is 13.5 Å². The summed E-state index contributed by atoms with van der Waals surface area (Å²) in [5.41, 5.74) is 1.17. The zero-order valence-electron chi connectivity index (χ0n) is 12.2. The Morgan fingerprint density at radius 3 is 2.67 bits per heavy atom. The van der Waals surface area contributed by atoms with Crippen LogP contribution < -0.4 is 4.74 Å². The third kappa shape index (κ3) is 3.49. The van der Waals surface area contributed by atoms with Crippen LogP contribution in [-0.2, 0) is 6.54 Å². The summed E-state index contributed by atoms with van der Waals surface area (Å²) in [6, 6.07) is 11.7. The molecule has 0 radical (unpaired) electrons. The molecule has 0 aliphatic heterocycles. The van der Waals surface area contributed by atoms with Crippen molar-refractivity contribution in [2.24, 2.45) is 0 Å². The van der Waals surface area contributed by atoms with Gasteiger partial charge in [-0.15, -0.1) is 10.2 Å². The Bertz CT molecular complexity index is 855. The van der Waals surface area contributed by atoms with Crippen LogP contribution in [0.3, 0.4) is 0 Å². The topological polar surface area (TPSA) is 39.9 Å². The fourth-order valence-corrected chi connectivity index (χ4v) is 2.67. The molecule has 8 heteroatoms. The van der Waals surface area contributed by atoms with Crippen molar-refractivity contribution in [1.82, 2.24) is 14.8 Å². The highest BCUT2D eigenvalue weighted by Gasteiger charge is 2.15. The SMILES string of the molecule is FC(F)Oc1ccccc1Cn1cnnc1-c1cccc(Cl)c1Cl. The van der Waals surface area contributed by atoms with E-state index in [4.69, 9.17) is 23.2 Å². The van der Waals surface area contributed by atoms with Gasteiger partial charge in [-0.1, -0.05) is 47.5 Å². The molecule has 3 aromatic rings. The second-order valence-electron chi connectivity index (χ2n) is 4.87. The molecule has 124 valence electrons. The lowest BCUT2D eigenvalue weighted by Crippen LogP contribution is -2.07. The van der Waals surface area contributed by atoms with Crippen molar-refractivity contribution in [2.45, 2.75) is 13.2 Å². The molecular weight excluding hydrogens is 359 g/mol. The van der Waals surface area contributed by atoms with Crippen LogP contribution in [-0.4, -0.2) is 21.4 Å². The van der Waals surface area contributed by atoms with Gasteiger partial charge in [-0.2, -0.15) is 8.78 Å². The Morgan fingerprint density at radius 2 is 1.88 bits per heavy atom. The number of nitrogens with zero attached hydrogens (tertiary/aromatic N) is 3. The molecule has 24 heavy (non-hydrogen) atoms. The van der Waals surface area contributed by atoms with Gasteiger partial charge < -0.3 is 9.30 Å². The minimum Gasteiger partial charge on any atom is -0.434 e. The van der Waals surface area contributed by atoms with Gasteiger partial charge in [0, 0.05) is 11.1 Å². The van der Waals surface area contributed by atoms with Crippen LogP contribution in [0.4, 0.5) is 8.78 Å². The molecule has 1 aromatic heterocycles. The van der Waals surface area contributed by atoms with Gasteiger partial charge in [0.05, 0.1) is 16.6 Å². The van der Waals surface area contributed by atoms with Gasteiger partial charge in [0.1, 0.15) is 12.1 Å². The number of alkyl halides is 2. The van der Waals surface area contributed by atoms with Crippen molar-refractivity contribution in [2.75, 3.05) is 0 Å². The number of para-hydroxylation sites is 1. The Labute approximate surface area is 146 Å². The first-order valence-electron chi connectivity index (χ1n) is 6.91. The molecule has 3 rings (SSSR count). The molecule has 0 fully saturated rings. The van der Waals surface area contributed by atoms with Crippen LogP contribution in [0, 0.1) is 0 Å². The lowest BCUT2D eigenvalue weighted by molar-refractivity contribution is -0.0504. The van der Waals surface area contributed by atoms with Crippen molar-refractivity contribution in [1.29, 1.82) is 0 Å². The molecule has 0 bridgehead atoms. The molecule has 0 N–H and O–H groups in total. The summed E-state index contributed by atoms with van der Waals surface area (Å²) in [6.45, 7) is -2.65. The predicted octanol–water partition coefficient (Wildman–Crippen LogP) is 4.90. The Hall–Kier alpha value is -2.18. The molecule has 1 heterocycles. The quantitative estimate of drug-likeness (QED) is 0.641. The summed E-state index contributed by atoms with van der Waals surface area (Å²) in [4.78, 5) is 0. The smallest absolute Gasteiger partial charge is 0.387 e. The fraction of sp³-hybridized carbons (Fsp3) is 0.125. The van der Waals surface area contributed by atoms with E-state index in [1.807, 2.05) is 0 Å². The number of benzene rings is 2. The average Bonchev–Trinajstić information content (AvgIpc) is 2.99. The number of halogens is 4. The first-order valence-corrected chi connectivity index (χ1v) is 7.66. The third-order valence-electron chi connectivity index (χ3n) is 3.34. The summed E-state index contributed by atoms with van der Waals surface area (Å²) in [5.74, 6) is 0.582. The second-order valence-corrected chi connectivity index (χ2v) is 5.66. The van der Waals surface area contributed by atoms with E-state index in [1.54, 1.807) is 41.0 Å². The van der Waals surface area contributed by atoms with Crippen LogP contribution in [0.5, 0.6) is 5.75 Å². The molecule has 0 amide bonds. The van der Waals surface area contributed by atoms with E-state index in [2.05, 4.69) is 14.9 Å². The fourth-order valence-electron chi connectivity index (χ4n) is 2.28. The third-order valence-corrected chi connectivity index (χ3v) is 4.16. The highest BCUT2D eigenvalue weighted by atomic mass is 35.5. The van der Waals surface area contributed by atoms with Crippen LogP contribution in [0.15, 0.2) is 48.8 Å². The highest BCUT2D eigenvalue weighted by molar-refractivity contribution is 6.43. The van der Waals surface area contributed by atoms with Crippen molar-refractivity contribution >= 4 is 23.2 Å². The van der Waals surface area contributed by atoms with E-state index in [-0.39, 0.29) is 12.3 Å². The maximum Gasteiger partial charge on any atom is 0.387 e. The van der Waals surface area contributed by atoms with Gasteiger partial charge in [-0.25, -0.2) is 0 Å². The van der Waals surface area contributed by atoms with E-state index in [0.29, 0.717) is 27.0 Å². The first-order chi connectivity index (χ1) is 11.6. The average molecular weight is 370 g/mol. The number of hydrogen-bond donors (Lipinski definition) is 0. The van der Waals surface area contributed by atoms with Gasteiger partial charge in [0.15, 0.2) is 5.82 Å². The molecular formula is C16H11Cl2F2N3O. The predicted molar refractivity (Wildman–Crippen MR) is 87.7 cm³/mol. The van der Waals surface area contributed by atoms with Crippen LogP contribution >= 0.6 is 23.2 Å². The zero-order valence-corrected chi connectivity index (χ0v) is 13.7. The first kappa shape index (κ1) is 16.7. The Kier molecular flexibility index (Phi) is 4.97. The normalized spacial score (nSPS) is 11.0. The lowest BCUT2D eigenvalue weighted by atomic mass is 10.1. The van der Waals surface area contributed by atoms with Crippen molar-refractivity contribution in [3.8, 4) is 17.1 Å². The Balaban J connectivity index is 1.97. The summed E-state index contributed by atoms with van der Waals surface area (Å²) in [7, 11) is 0. The van der Waals surface area contributed by atoms with Gasteiger partial charge in [0.25, 0.3) is 0 Å². The number of ether oxygens (including phenoxy) is 1. The zero-order chi connectivity index (χ0) is 17.1. The van der Waals surface area contributed by atoms with E-state index < -0.39 is 6.61 Å².